The molecular weight excluding hydrogens is 400 g/mol. The van der Waals surface area contributed by atoms with Gasteiger partial charge in [0.2, 0.25) is 5.91 Å². The smallest absolute Gasteiger partial charge is 0.328 e. The molecule has 1 aromatic carbocycles. The minimum atomic E-state index is -0.520. The maximum Gasteiger partial charge on any atom is 0.328 e. The maximum atomic E-state index is 12.6. The number of aromatic amines is 1. The summed E-state index contributed by atoms with van der Waals surface area (Å²) in [6, 6.07) is 10.6. The highest BCUT2D eigenvalue weighted by molar-refractivity contribution is 5.78. The Kier molecular flexibility index (Phi) is 6.34. The highest BCUT2D eigenvalue weighted by Gasteiger charge is 2.25. The van der Waals surface area contributed by atoms with Crippen LogP contribution in [0.3, 0.4) is 0 Å². The minimum Gasteiger partial charge on any atom is -0.465 e. The van der Waals surface area contributed by atoms with Crippen molar-refractivity contribution < 1.29 is 13.9 Å². The standard InChI is InChI=1S/C22H26N4O5/c1-15-6-7-19(31-15)18(25-10-12-30-13-11-25)14-23-20(27)8-9-26-17-5-3-2-4-16(17)21(28)24-22(26)29/h2-7,18H,8-14H2,1H3,(H,23,27)(H,24,28,29). The van der Waals surface area contributed by atoms with Crippen molar-refractivity contribution >= 4 is 16.8 Å². The summed E-state index contributed by atoms with van der Waals surface area (Å²) in [6.07, 6.45) is 0.114. The topological polar surface area (TPSA) is 110 Å². The summed E-state index contributed by atoms with van der Waals surface area (Å²) in [7, 11) is 0. The maximum absolute atomic E-state index is 12.6. The lowest BCUT2D eigenvalue weighted by Gasteiger charge is -2.33. The van der Waals surface area contributed by atoms with Gasteiger partial charge in [-0.25, -0.2) is 4.79 Å². The van der Waals surface area contributed by atoms with Crippen LogP contribution in [0, 0.1) is 6.92 Å². The average Bonchev–Trinajstić information content (AvgIpc) is 3.20. The first-order chi connectivity index (χ1) is 15.0. The third-order valence-corrected chi connectivity index (χ3v) is 5.54. The van der Waals surface area contributed by atoms with Gasteiger partial charge in [-0.2, -0.15) is 0 Å². The van der Waals surface area contributed by atoms with Crippen molar-refractivity contribution in [2.75, 3.05) is 32.8 Å². The SMILES string of the molecule is Cc1ccc(C(CNC(=O)CCn2c(=O)[nH]c(=O)c3ccccc32)N2CCOCC2)o1. The molecule has 0 aliphatic carbocycles. The second-order valence-corrected chi connectivity index (χ2v) is 7.59. The van der Waals surface area contributed by atoms with Crippen LogP contribution in [0.5, 0.6) is 0 Å². The zero-order valence-electron chi connectivity index (χ0n) is 17.4. The highest BCUT2D eigenvalue weighted by atomic mass is 16.5. The molecule has 1 amide bonds. The first-order valence-corrected chi connectivity index (χ1v) is 10.4. The first-order valence-electron chi connectivity index (χ1n) is 10.4. The van der Waals surface area contributed by atoms with Crippen LogP contribution in [0.25, 0.3) is 10.9 Å². The number of aryl methyl sites for hydroxylation is 2. The van der Waals surface area contributed by atoms with E-state index in [1.807, 2.05) is 19.1 Å². The van der Waals surface area contributed by atoms with E-state index in [1.165, 1.54) is 4.57 Å². The number of nitrogens with zero attached hydrogens (tertiary/aromatic N) is 2. The van der Waals surface area contributed by atoms with Gasteiger partial charge in [0, 0.05) is 32.6 Å². The highest BCUT2D eigenvalue weighted by Crippen LogP contribution is 2.23. The molecular formula is C22H26N4O5. The Morgan fingerprint density at radius 1 is 1.16 bits per heavy atom. The number of nitrogens with one attached hydrogen (secondary N) is 2. The van der Waals surface area contributed by atoms with Crippen LogP contribution in [0.2, 0.25) is 0 Å². The predicted octanol–water partition coefficient (Wildman–Crippen LogP) is 1.17. The van der Waals surface area contributed by atoms with Gasteiger partial charge in [-0.15, -0.1) is 0 Å². The van der Waals surface area contributed by atoms with Crippen LogP contribution in [0.15, 0.2) is 50.4 Å². The third-order valence-electron chi connectivity index (χ3n) is 5.54. The summed E-state index contributed by atoms with van der Waals surface area (Å²) in [5.74, 6) is 1.45. The Morgan fingerprint density at radius 2 is 1.94 bits per heavy atom. The summed E-state index contributed by atoms with van der Waals surface area (Å²) >= 11 is 0. The molecule has 4 rings (SSSR count). The lowest BCUT2D eigenvalue weighted by molar-refractivity contribution is -0.121. The molecule has 164 valence electrons. The van der Waals surface area contributed by atoms with Crippen LogP contribution < -0.4 is 16.6 Å². The number of ether oxygens (including phenoxy) is 1. The number of hydrogen-bond acceptors (Lipinski definition) is 6. The van der Waals surface area contributed by atoms with Crippen LogP contribution in [-0.2, 0) is 16.1 Å². The van der Waals surface area contributed by atoms with Crippen molar-refractivity contribution in [1.82, 2.24) is 19.8 Å². The summed E-state index contributed by atoms with van der Waals surface area (Å²) in [4.78, 5) is 41.4. The fraction of sp³-hybridized carbons (Fsp3) is 0.409. The van der Waals surface area contributed by atoms with E-state index in [1.54, 1.807) is 24.3 Å². The summed E-state index contributed by atoms with van der Waals surface area (Å²) in [5.41, 5.74) is -0.432. The number of furan rings is 1. The fourth-order valence-electron chi connectivity index (χ4n) is 3.91. The zero-order chi connectivity index (χ0) is 21.8. The molecule has 0 saturated carbocycles. The second kappa shape index (κ2) is 9.32. The molecule has 3 aromatic rings. The van der Waals surface area contributed by atoms with Crippen LogP contribution in [-0.4, -0.2) is 53.2 Å². The number of carbonyl (C=O) groups excluding carboxylic acids is 1. The first kappa shape index (κ1) is 21.1. The molecule has 0 spiro atoms. The second-order valence-electron chi connectivity index (χ2n) is 7.59. The van der Waals surface area contributed by atoms with Gasteiger partial charge < -0.3 is 14.5 Å². The van der Waals surface area contributed by atoms with E-state index in [0.29, 0.717) is 30.7 Å². The number of benzene rings is 1. The lowest BCUT2D eigenvalue weighted by atomic mass is 10.1. The zero-order valence-corrected chi connectivity index (χ0v) is 17.4. The van der Waals surface area contributed by atoms with Gasteiger partial charge in [0.25, 0.3) is 5.56 Å². The van der Waals surface area contributed by atoms with E-state index in [2.05, 4.69) is 15.2 Å². The fourth-order valence-corrected chi connectivity index (χ4v) is 3.91. The van der Waals surface area contributed by atoms with Gasteiger partial charge in [-0.05, 0) is 31.2 Å². The van der Waals surface area contributed by atoms with Crippen molar-refractivity contribution in [3.8, 4) is 0 Å². The Morgan fingerprint density at radius 3 is 2.68 bits per heavy atom. The van der Waals surface area contributed by atoms with E-state index in [9.17, 15) is 14.4 Å². The summed E-state index contributed by atoms with van der Waals surface area (Å²) in [6.45, 7) is 5.28. The molecule has 0 bridgehead atoms. The number of H-pyrrole nitrogens is 1. The average molecular weight is 426 g/mol. The number of carbonyl (C=O) groups is 1. The molecule has 2 N–H and O–H groups in total. The van der Waals surface area contributed by atoms with E-state index < -0.39 is 11.2 Å². The Labute approximate surface area is 178 Å². The molecule has 0 radical (unpaired) electrons. The van der Waals surface area contributed by atoms with E-state index in [0.717, 1.165) is 24.6 Å². The Bertz CT molecular complexity index is 1170. The number of fused-ring (bicyclic) bond motifs is 1. The molecule has 1 fully saturated rings. The number of amides is 1. The van der Waals surface area contributed by atoms with Crippen LogP contribution in [0.4, 0.5) is 0 Å². The molecule has 1 aliphatic heterocycles. The molecule has 9 nitrogen and oxygen atoms in total. The van der Waals surface area contributed by atoms with Gasteiger partial charge >= 0.3 is 5.69 Å². The quantitative estimate of drug-likeness (QED) is 0.587. The Hall–Kier alpha value is -3.17. The van der Waals surface area contributed by atoms with Gasteiger partial charge in [0.05, 0.1) is 30.2 Å². The summed E-state index contributed by atoms with van der Waals surface area (Å²) < 4.78 is 12.7. The molecule has 3 heterocycles. The monoisotopic (exact) mass is 426 g/mol. The van der Waals surface area contributed by atoms with Gasteiger partial charge in [-0.1, -0.05) is 12.1 Å². The predicted molar refractivity (Wildman–Crippen MR) is 115 cm³/mol. The molecule has 9 heteroatoms. The van der Waals surface area contributed by atoms with E-state index in [4.69, 9.17) is 9.15 Å². The summed E-state index contributed by atoms with van der Waals surface area (Å²) in [5, 5.41) is 3.39. The molecule has 1 saturated heterocycles. The molecule has 1 aliphatic rings. The van der Waals surface area contributed by atoms with Crippen molar-refractivity contribution in [3.63, 3.8) is 0 Å². The number of para-hydroxylation sites is 1. The van der Waals surface area contributed by atoms with Gasteiger partial charge in [0.1, 0.15) is 11.5 Å². The van der Waals surface area contributed by atoms with Crippen molar-refractivity contribution in [3.05, 3.63) is 68.8 Å². The van der Waals surface area contributed by atoms with Crippen molar-refractivity contribution in [1.29, 1.82) is 0 Å². The molecule has 31 heavy (non-hydrogen) atoms. The van der Waals surface area contributed by atoms with Crippen LogP contribution in [0.1, 0.15) is 24.0 Å². The van der Waals surface area contributed by atoms with Crippen molar-refractivity contribution in [2.45, 2.75) is 25.9 Å². The number of hydrogen-bond donors (Lipinski definition) is 2. The lowest BCUT2D eigenvalue weighted by Crippen LogP contribution is -2.43. The molecule has 1 unspecified atom stereocenters. The van der Waals surface area contributed by atoms with Crippen LogP contribution >= 0.6 is 0 Å². The number of aromatic nitrogens is 2. The number of rotatable bonds is 7. The van der Waals surface area contributed by atoms with Crippen molar-refractivity contribution in [2.24, 2.45) is 0 Å². The molecule has 2 aromatic heterocycles. The normalized spacial score (nSPS) is 15.8. The molecule has 1 atom stereocenters. The van der Waals surface area contributed by atoms with E-state index in [-0.39, 0.29) is 24.9 Å². The third kappa shape index (κ3) is 4.78. The largest absolute Gasteiger partial charge is 0.465 e. The minimum absolute atomic E-state index is 0.0850. The number of morpholine rings is 1. The van der Waals surface area contributed by atoms with Gasteiger partial charge in [-0.3, -0.25) is 24.0 Å². The Balaban J connectivity index is 1.43. The van der Waals surface area contributed by atoms with Gasteiger partial charge in [0.15, 0.2) is 0 Å². The van der Waals surface area contributed by atoms with E-state index >= 15 is 0 Å².